The zero-order chi connectivity index (χ0) is 14.4. The minimum absolute atomic E-state index is 0.0306. The van der Waals surface area contributed by atoms with Gasteiger partial charge in [-0.25, -0.2) is 0 Å². The second kappa shape index (κ2) is 7.09. The van der Waals surface area contributed by atoms with E-state index < -0.39 is 0 Å². The van der Waals surface area contributed by atoms with Crippen LogP contribution >= 0.6 is 0 Å². The molecule has 0 aromatic carbocycles. The third kappa shape index (κ3) is 3.60. The van der Waals surface area contributed by atoms with E-state index in [-0.39, 0.29) is 17.9 Å². The molecule has 1 aliphatic rings. The molecule has 3 N–H and O–H groups in total. The quantitative estimate of drug-likeness (QED) is 0.832. The Balaban J connectivity index is 1.95. The first-order valence-corrected chi connectivity index (χ1v) is 7.03. The van der Waals surface area contributed by atoms with Crippen molar-refractivity contribution in [3.05, 3.63) is 24.2 Å². The van der Waals surface area contributed by atoms with Crippen molar-refractivity contribution in [1.82, 2.24) is 10.2 Å². The number of hydrogen-bond acceptors (Lipinski definition) is 4. The number of amides is 2. The van der Waals surface area contributed by atoms with E-state index in [2.05, 4.69) is 5.32 Å². The molecular weight excluding hydrogens is 258 g/mol. The summed E-state index contributed by atoms with van der Waals surface area (Å²) in [7, 11) is 0. The number of rotatable bonds is 5. The molecule has 2 heterocycles. The van der Waals surface area contributed by atoms with Crippen molar-refractivity contribution in [3.8, 4) is 0 Å². The molecule has 20 heavy (non-hydrogen) atoms. The zero-order valence-electron chi connectivity index (χ0n) is 11.5. The average molecular weight is 279 g/mol. The fourth-order valence-corrected chi connectivity index (χ4v) is 2.47. The van der Waals surface area contributed by atoms with Crippen molar-refractivity contribution in [2.45, 2.75) is 31.7 Å². The standard InChI is InChI=1S/C14H21N3O3/c15-7-6-13(18)16-10-11-4-1-2-8-17(11)14(19)12-5-3-9-20-12/h3,5,9,11H,1-2,4,6-8,10,15H2,(H,16,18). The fourth-order valence-electron chi connectivity index (χ4n) is 2.47. The van der Waals surface area contributed by atoms with Crippen LogP contribution < -0.4 is 11.1 Å². The van der Waals surface area contributed by atoms with Gasteiger partial charge in [0.15, 0.2) is 5.76 Å². The summed E-state index contributed by atoms with van der Waals surface area (Å²) in [5, 5.41) is 2.84. The van der Waals surface area contributed by atoms with Crippen molar-refractivity contribution >= 4 is 11.8 Å². The molecule has 1 saturated heterocycles. The van der Waals surface area contributed by atoms with Crippen molar-refractivity contribution in [3.63, 3.8) is 0 Å². The van der Waals surface area contributed by atoms with Gasteiger partial charge in [0.05, 0.1) is 6.26 Å². The second-order valence-electron chi connectivity index (χ2n) is 4.97. The lowest BCUT2D eigenvalue weighted by Crippen LogP contribution is -2.49. The van der Waals surface area contributed by atoms with Gasteiger partial charge in [0, 0.05) is 32.1 Å². The van der Waals surface area contributed by atoms with E-state index in [1.807, 2.05) is 0 Å². The molecule has 110 valence electrons. The summed E-state index contributed by atoms with van der Waals surface area (Å²) in [6, 6.07) is 3.40. The number of nitrogens with zero attached hydrogens (tertiary/aromatic N) is 1. The Morgan fingerprint density at radius 1 is 1.45 bits per heavy atom. The van der Waals surface area contributed by atoms with E-state index in [9.17, 15) is 9.59 Å². The number of hydrogen-bond donors (Lipinski definition) is 2. The summed E-state index contributed by atoms with van der Waals surface area (Å²) in [6.07, 6.45) is 4.77. The molecular formula is C14H21N3O3. The fraction of sp³-hybridized carbons (Fsp3) is 0.571. The Kier molecular flexibility index (Phi) is 5.17. The Hall–Kier alpha value is -1.82. The van der Waals surface area contributed by atoms with Gasteiger partial charge in [0.1, 0.15) is 0 Å². The summed E-state index contributed by atoms with van der Waals surface area (Å²) < 4.78 is 5.17. The number of nitrogens with one attached hydrogen (secondary N) is 1. The maximum Gasteiger partial charge on any atom is 0.289 e. The Labute approximate surface area is 118 Å². The predicted octanol–water partition coefficient (Wildman–Crippen LogP) is 0.739. The van der Waals surface area contributed by atoms with Gasteiger partial charge < -0.3 is 20.4 Å². The molecule has 0 aliphatic carbocycles. The lowest BCUT2D eigenvalue weighted by atomic mass is 10.0. The molecule has 1 fully saturated rings. The van der Waals surface area contributed by atoms with Crippen LogP contribution in [0.25, 0.3) is 0 Å². The molecule has 0 radical (unpaired) electrons. The summed E-state index contributed by atoms with van der Waals surface area (Å²) in [4.78, 5) is 25.6. The SMILES string of the molecule is NCCC(=O)NCC1CCCCN1C(=O)c1ccco1. The van der Waals surface area contributed by atoms with Crippen molar-refractivity contribution in [2.24, 2.45) is 5.73 Å². The summed E-state index contributed by atoms with van der Waals surface area (Å²) >= 11 is 0. The number of likely N-dealkylation sites (tertiary alicyclic amines) is 1. The van der Waals surface area contributed by atoms with Crippen molar-refractivity contribution in [2.75, 3.05) is 19.6 Å². The van der Waals surface area contributed by atoms with Crippen LogP contribution in [0.5, 0.6) is 0 Å². The van der Waals surface area contributed by atoms with Crippen molar-refractivity contribution in [1.29, 1.82) is 0 Å². The molecule has 0 bridgehead atoms. The number of piperidine rings is 1. The van der Waals surface area contributed by atoms with Crippen LogP contribution in [0, 0.1) is 0 Å². The van der Waals surface area contributed by atoms with Gasteiger partial charge in [-0.3, -0.25) is 9.59 Å². The highest BCUT2D eigenvalue weighted by Crippen LogP contribution is 2.19. The van der Waals surface area contributed by atoms with Gasteiger partial charge in [-0.15, -0.1) is 0 Å². The highest BCUT2D eigenvalue weighted by molar-refractivity contribution is 5.91. The first kappa shape index (κ1) is 14.6. The predicted molar refractivity (Wildman–Crippen MR) is 74.1 cm³/mol. The minimum atomic E-state index is -0.104. The number of carbonyl (C=O) groups is 2. The molecule has 0 spiro atoms. The van der Waals surface area contributed by atoms with E-state index in [4.69, 9.17) is 10.2 Å². The Bertz CT molecular complexity index is 445. The van der Waals surface area contributed by atoms with Gasteiger partial charge in [0.25, 0.3) is 5.91 Å². The number of nitrogens with two attached hydrogens (primary N) is 1. The van der Waals surface area contributed by atoms with Crippen LogP contribution in [0.15, 0.2) is 22.8 Å². The normalized spacial score (nSPS) is 18.9. The van der Waals surface area contributed by atoms with Crippen molar-refractivity contribution < 1.29 is 14.0 Å². The highest BCUT2D eigenvalue weighted by atomic mass is 16.3. The average Bonchev–Trinajstić information content (AvgIpc) is 2.99. The number of carbonyl (C=O) groups excluding carboxylic acids is 2. The lowest BCUT2D eigenvalue weighted by molar-refractivity contribution is -0.121. The zero-order valence-corrected chi connectivity index (χ0v) is 11.5. The van der Waals surface area contributed by atoms with Crippen LogP contribution in [-0.4, -0.2) is 42.4 Å². The third-order valence-corrected chi connectivity index (χ3v) is 3.53. The molecule has 0 saturated carbocycles. The maximum atomic E-state index is 12.3. The molecule has 2 rings (SSSR count). The van der Waals surface area contributed by atoms with Gasteiger partial charge >= 0.3 is 0 Å². The molecule has 1 aliphatic heterocycles. The van der Waals surface area contributed by atoms with E-state index in [0.717, 1.165) is 19.3 Å². The van der Waals surface area contributed by atoms with Crippen LogP contribution in [-0.2, 0) is 4.79 Å². The van der Waals surface area contributed by atoms with Crippen LogP contribution in [0.3, 0.4) is 0 Å². The number of furan rings is 1. The van der Waals surface area contributed by atoms with Gasteiger partial charge in [-0.1, -0.05) is 0 Å². The largest absolute Gasteiger partial charge is 0.459 e. The second-order valence-corrected chi connectivity index (χ2v) is 4.97. The van der Waals surface area contributed by atoms with E-state index in [1.54, 1.807) is 17.0 Å². The van der Waals surface area contributed by atoms with E-state index >= 15 is 0 Å². The first-order valence-electron chi connectivity index (χ1n) is 7.03. The molecule has 1 atom stereocenters. The Morgan fingerprint density at radius 2 is 2.30 bits per heavy atom. The topological polar surface area (TPSA) is 88.6 Å². The molecule has 1 unspecified atom stereocenters. The first-order chi connectivity index (χ1) is 9.72. The molecule has 6 heteroatoms. The molecule has 1 aromatic rings. The summed E-state index contributed by atoms with van der Waals surface area (Å²) in [5.74, 6) is 0.182. The maximum absolute atomic E-state index is 12.3. The summed E-state index contributed by atoms with van der Waals surface area (Å²) in [5.41, 5.74) is 5.34. The summed E-state index contributed by atoms with van der Waals surface area (Å²) in [6.45, 7) is 1.52. The van der Waals surface area contributed by atoms with Gasteiger partial charge in [-0.2, -0.15) is 0 Å². The Morgan fingerprint density at radius 3 is 3.00 bits per heavy atom. The van der Waals surface area contributed by atoms with Crippen LogP contribution in [0.1, 0.15) is 36.2 Å². The highest BCUT2D eigenvalue weighted by Gasteiger charge is 2.28. The van der Waals surface area contributed by atoms with E-state index in [0.29, 0.717) is 31.8 Å². The van der Waals surface area contributed by atoms with Gasteiger partial charge in [-0.05, 0) is 31.4 Å². The van der Waals surface area contributed by atoms with E-state index in [1.165, 1.54) is 6.26 Å². The lowest BCUT2D eigenvalue weighted by Gasteiger charge is -2.35. The molecule has 6 nitrogen and oxygen atoms in total. The molecule has 2 amide bonds. The van der Waals surface area contributed by atoms with Crippen LogP contribution in [0.2, 0.25) is 0 Å². The monoisotopic (exact) mass is 279 g/mol. The third-order valence-electron chi connectivity index (χ3n) is 3.53. The minimum Gasteiger partial charge on any atom is -0.459 e. The van der Waals surface area contributed by atoms with Gasteiger partial charge in [0.2, 0.25) is 5.91 Å². The van der Waals surface area contributed by atoms with Crippen LogP contribution in [0.4, 0.5) is 0 Å². The molecule has 1 aromatic heterocycles. The smallest absolute Gasteiger partial charge is 0.289 e.